The Morgan fingerprint density at radius 1 is 1.44 bits per heavy atom. The quantitative estimate of drug-likeness (QED) is 0.615. The molecule has 0 saturated carbocycles. The third kappa shape index (κ3) is 4.39. The smallest absolute Gasteiger partial charge is 0.0474 e. The Kier molecular flexibility index (Phi) is 5.60. The Balaban J connectivity index is 2.46. The molecule has 0 atom stereocenters. The van der Waals surface area contributed by atoms with Crippen molar-refractivity contribution in [3.63, 3.8) is 0 Å². The molecule has 0 aliphatic heterocycles. The first-order valence-electron chi connectivity index (χ1n) is 5.35. The normalized spacial score (nSPS) is 11.0. The number of nitrogens with two attached hydrogens (primary N) is 1. The molecular weight excluding hydrogens is 224 g/mol. The Bertz CT molecular complexity index is 331. The molecule has 0 bridgehead atoms. The average Bonchev–Trinajstić information content (AvgIpc) is 2.23. The fourth-order valence-electron chi connectivity index (χ4n) is 1.54. The lowest BCUT2D eigenvalue weighted by atomic mass is 10.2. The summed E-state index contributed by atoms with van der Waals surface area (Å²) >= 11 is 6.10. The maximum atomic E-state index is 6.10. The second kappa shape index (κ2) is 6.74. The van der Waals surface area contributed by atoms with E-state index in [1.165, 1.54) is 0 Å². The molecule has 0 fully saturated rings. The predicted molar refractivity (Wildman–Crippen MR) is 68.7 cm³/mol. The van der Waals surface area contributed by atoms with Gasteiger partial charge >= 0.3 is 0 Å². The van der Waals surface area contributed by atoms with Crippen LogP contribution in [0.5, 0.6) is 0 Å². The van der Waals surface area contributed by atoms with Crippen molar-refractivity contribution in [2.45, 2.75) is 13.0 Å². The Hall–Kier alpha value is -0.770. The first-order chi connectivity index (χ1) is 7.63. The molecule has 90 valence electrons. The van der Waals surface area contributed by atoms with E-state index in [0.29, 0.717) is 5.69 Å². The van der Waals surface area contributed by atoms with Crippen molar-refractivity contribution in [3.8, 4) is 0 Å². The van der Waals surface area contributed by atoms with Gasteiger partial charge in [0, 0.05) is 37.5 Å². The number of nitrogen functional groups attached to an aromatic ring is 1. The van der Waals surface area contributed by atoms with Crippen LogP contribution in [0.4, 0.5) is 5.69 Å². The number of hydrogen-bond acceptors (Lipinski definition) is 3. The van der Waals surface area contributed by atoms with Gasteiger partial charge in [0.1, 0.15) is 0 Å². The van der Waals surface area contributed by atoms with Crippen molar-refractivity contribution >= 4 is 17.3 Å². The second-order valence-corrected chi connectivity index (χ2v) is 4.34. The van der Waals surface area contributed by atoms with Gasteiger partial charge in [-0.2, -0.15) is 0 Å². The van der Waals surface area contributed by atoms with Crippen molar-refractivity contribution in [1.82, 2.24) is 4.90 Å². The summed E-state index contributed by atoms with van der Waals surface area (Å²) in [4.78, 5) is 2.22. The molecule has 0 unspecified atom stereocenters. The average molecular weight is 243 g/mol. The number of halogens is 1. The number of anilines is 1. The zero-order chi connectivity index (χ0) is 12.0. The van der Waals surface area contributed by atoms with Crippen LogP contribution in [0.1, 0.15) is 12.0 Å². The van der Waals surface area contributed by atoms with Crippen molar-refractivity contribution in [2.75, 3.05) is 33.0 Å². The molecule has 0 radical (unpaired) electrons. The Labute approximate surface area is 102 Å². The van der Waals surface area contributed by atoms with Crippen LogP contribution in [-0.2, 0) is 11.3 Å². The highest BCUT2D eigenvalue weighted by molar-refractivity contribution is 6.31. The molecule has 4 heteroatoms. The molecule has 1 aromatic rings. The molecule has 0 saturated heterocycles. The lowest BCUT2D eigenvalue weighted by Crippen LogP contribution is -2.20. The van der Waals surface area contributed by atoms with E-state index in [1.54, 1.807) is 13.2 Å². The van der Waals surface area contributed by atoms with Crippen LogP contribution < -0.4 is 5.73 Å². The van der Waals surface area contributed by atoms with Crippen LogP contribution in [0.3, 0.4) is 0 Å². The van der Waals surface area contributed by atoms with E-state index in [9.17, 15) is 0 Å². The predicted octanol–water partition coefficient (Wildman–Crippen LogP) is 2.39. The summed E-state index contributed by atoms with van der Waals surface area (Å²) < 4.78 is 5.01. The highest BCUT2D eigenvalue weighted by Crippen LogP contribution is 2.20. The van der Waals surface area contributed by atoms with Gasteiger partial charge in [0.15, 0.2) is 0 Å². The molecule has 0 heterocycles. The van der Waals surface area contributed by atoms with Gasteiger partial charge in [-0.25, -0.2) is 0 Å². The van der Waals surface area contributed by atoms with E-state index >= 15 is 0 Å². The summed E-state index contributed by atoms with van der Waals surface area (Å²) in [5.74, 6) is 0. The fraction of sp³-hybridized carbons (Fsp3) is 0.500. The van der Waals surface area contributed by atoms with Gasteiger partial charge in [0.2, 0.25) is 0 Å². The third-order valence-electron chi connectivity index (χ3n) is 2.41. The summed E-state index contributed by atoms with van der Waals surface area (Å²) in [6, 6.07) is 5.65. The van der Waals surface area contributed by atoms with E-state index in [2.05, 4.69) is 11.9 Å². The SMILES string of the molecule is COCCCN(C)Cc1ccc(N)cc1Cl. The summed E-state index contributed by atoms with van der Waals surface area (Å²) in [6.07, 6.45) is 1.03. The molecule has 0 aromatic heterocycles. The van der Waals surface area contributed by atoms with Crippen molar-refractivity contribution in [3.05, 3.63) is 28.8 Å². The van der Waals surface area contributed by atoms with Crippen LogP contribution in [0.25, 0.3) is 0 Å². The van der Waals surface area contributed by atoms with E-state index in [-0.39, 0.29) is 0 Å². The van der Waals surface area contributed by atoms with Crippen LogP contribution in [-0.4, -0.2) is 32.2 Å². The monoisotopic (exact) mass is 242 g/mol. The van der Waals surface area contributed by atoms with Crippen LogP contribution >= 0.6 is 11.6 Å². The van der Waals surface area contributed by atoms with Crippen molar-refractivity contribution < 1.29 is 4.74 Å². The maximum Gasteiger partial charge on any atom is 0.0474 e. The van der Waals surface area contributed by atoms with Crippen LogP contribution in [0, 0.1) is 0 Å². The van der Waals surface area contributed by atoms with Gasteiger partial charge in [-0.1, -0.05) is 17.7 Å². The molecule has 3 nitrogen and oxygen atoms in total. The van der Waals surface area contributed by atoms with Gasteiger partial charge in [-0.05, 0) is 31.2 Å². The second-order valence-electron chi connectivity index (χ2n) is 3.93. The van der Waals surface area contributed by atoms with Crippen LogP contribution in [0.15, 0.2) is 18.2 Å². The highest BCUT2D eigenvalue weighted by atomic mass is 35.5. The van der Waals surface area contributed by atoms with Gasteiger partial charge in [-0.15, -0.1) is 0 Å². The molecule has 1 rings (SSSR count). The molecule has 0 aliphatic carbocycles. The summed E-state index contributed by atoms with van der Waals surface area (Å²) in [5, 5.41) is 0.735. The Morgan fingerprint density at radius 3 is 2.81 bits per heavy atom. The topological polar surface area (TPSA) is 38.5 Å². The first kappa shape index (κ1) is 13.3. The van der Waals surface area contributed by atoms with Crippen molar-refractivity contribution in [2.24, 2.45) is 0 Å². The fourth-order valence-corrected chi connectivity index (χ4v) is 1.79. The van der Waals surface area contributed by atoms with E-state index in [1.807, 2.05) is 12.1 Å². The summed E-state index contributed by atoms with van der Waals surface area (Å²) in [5.41, 5.74) is 7.45. The number of hydrogen-bond donors (Lipinski definition) is 1. The summed E-state index contributed by atoms with van der Waals surface area (Å²) in [6.45, 7) is 2.62. The van der Waals surface area contributed by atoms with E-state index < -0.39 is 0 Å². The zero-order valence-electron chi connectivity index (χ0n) is 9.87. The minimum atomic E-state index is 0.704. The first-order valence-corrected chi connectivity index (χ1v) is 5.72. The maximum absolute atomic E-state index is 6.10. The number of rotatable bonds is 6. The number of benzene rings is 1. The lowest BCUT2D eigenvalue weighted by Gasteiger charge is -2.17. The third-order valence-corrected chi connectivity index (χ3v) is 2.76. The van der Waals surface area contributed by atoms with Crippen LogP contribution in [0.2, 0.25) is 5.02 Å². The number of methoxy groups -OCH3 is 1. The van der Waals surface area contributed by atoms with Gasteiger partial charge in [-0.3, -0.25) is 0 Å². The largest absolute Gasteiger partial charge is 0.399 e. The number of ether oxygens (including phenoxy) is 1. The van der Waals surface area contributed by atoms with Gasteiger partial charge in [0.05, 0.1) is 0 Å². The minimum Gasteiger partial charge on any atom is -0.399 e. The minimum absolute atomic E-state index is 0.704. The molecule has 1 aromatic carbocycles. The van der Waals surface area contributed by atoms with Gasteiger partial charge in [0.25, 0.3) is 0 Å². The molecular formula is C12H19ClN2O. The molecule has 0 amide bonds. The molecule has 0 spiro atoms. The molecule has 0 aliphatic rings. The number of nitrogens with zero attached hydrogens (tertiary/aromatic N) is 1. The van der Waals surface area contributed by atoms with Crippen molar-refractivity contribution in [1.29, 1.82) is 0 Å². The summed E-state index contributed by atoms with van der Waals surface area (Å²) in [7, 11) is 3.79. The van der Waals surface area contributed by atoms with E-state index in [0.717, 1.165) is 36.7 Å². The zero-order valence-corrected chi connectivity index (χ0v) is 10.6. The molecule has 16 heavy (non-hydrogen) atoms. The lowest BCUT2D eigenvalue weighted by molar-refractivity contribution is 0.178. The highest BCUT2D eigenvalue weighted by Gasteiger charge is 2.04. The van der Waals surface area contributed by atoms with Gasteiger partial charge < -0.3 is 15.4 Å². The molecule has 2 N–H and O–H groups in total. The van der Waals surface area contributed by atoms with E-state index in [4.69, 9.17) is 22.1 Å². The standard InChI is InChI=1S/C12H19ClN2O/c1-15(6-3-7-16-2)9-10-4-5-11(14)8-12(10)13/h4-5,8H,3,6-7,9,14H2,1-2H3. The Morgan fingerprint density at radius 2 is 2.19 bits per heavy atom.